The Morgan fingerprint density at radius 2 is 0.881 bits per heavy atom. The van der Waals surface area contributed by atoms with Gasteiger partial charge in [0.05, 0.1) is 22.1 Å². The van der Waals surface area contributed by atoms with Gasteiger partial charge in [-0.2, -0.15) is 9.97 Å². The molecule has 4 heterocycles. The number of rotatable bonds is 5. The van der Waals surface area contributed by atoms with Crippen molar-refractivity contribution >= 4 is 107 Å². The van der Waals surface area contributed by atoms with Crippen molar-refractivity contribution in [2.45, 2.75) is 0 Å². The van der Waals surface area contributed by atoms with Crippen LogP contribution in [0.25, 0.3) is 142 Å². The Balaban J connectivity index is 0.937. The Bertz CT molecular complexity index is 4440. The van der Waals surface area contributed by atoms with E-state index in [9.17, 15) is 0 Å². The predicted octanol–water partition coefficient (Wildman–Crippen LogP) is 16.3. The van der Waals surface area contributed by atoms with Crippen molar-refractivity contribution in [3.8, 4) is 45.5 Å². The lowest BCUT2D eigenvalue weighted by Crippen LogP contribution is -2.06. The summed E-state index contributed by atoms with van der Waals surface area (Å²) in [6.45, 7) is 0. The molecule has 0 spiro atoms. The summed E-state index contributed by atoms with van der Waals surface area (Å²) in [6.07, 6.45) is 0. The van der Waals surface area contributed by atoms with Crippen LogP contribution >= 0.6 is 11.3 Å². The van der Waals surface area contributed by atoms with Crippen LogP contribution in [0, 0.1) is 0 Å². The molecule has 15 rings (SSSR count). The van der Waals surface area contributed by atoms with E-state index >= 15 is 0 Å². The van der Waals surface area contributed by atoms with Gasteiger partial charge in [0.25, 0.3) is 0 Å². The molecule has 0 atom stereocenters. The minimum absolute atomic E-state index is 0.576. The third kappa shape index (κ3) is 5.51. The van der Waals surface area contributed by atoms with Gasteiger partial charge in [-0.1, -0.05) is 140 Å². The van der Waals surface area contributed by atoms with Crippen molar-refractivity contribution in [1.29, 1.82) is 0 Å². The molecule has 0 unspecified atom stereocenters. The van der Waals surface area contributed by atoms with Crippen molar-refractivity contribution in [1.82, 2.24) is 24.1 Å². The van der Waals surface area contributed by atoms with E-state index in [1.165, 1.54) is 69.2 Å². The van der Waals surface area contributed by atoms with Gasteiger partial charge in [-0.15, -0.1) is 11.3 Å². The molecule has 15 aromatic rings. The first-order chi connectivity index (χ1) is 33.2. The molecule has 0 bridgehead atoms. The molecule has 0 aliphatic carbocycles. The number of hydrogen-bond acceptors (Lipinski definition) is 4. The molecule has 0 aliphatic rings. The van der Waals surface area contributed by atoms with Gasteiger partial charge in [-0.25, -0.2) is 4.98 Å². The van der Waals surface area contributed by atoms with Gasteiger partial charge in [0.15, 0.2) is 11.6 Å². The Morgan fingerprint density at radius 3 is 1.67 bits per heavy atom. The fourth-order valence-electron chi connectivity index (χ4n) is 10.7. The van der Waals surface area contributed by atoms with Crippen molar-refractivity contribution < 1.29 is 0 Å². The molecule has 0 saturated carbocycles. The minimum Gasteiger partial charge on any atom is -0.309 e. The Labute approximate surface area is 387 Å². The largest absolute Gasteiger partial charge is 0.309 e. The van der Waals surface area contributed by atoms with Crippen molar-refractivity contribution in [3.05, 3.63) is 212 Å². The molecule has 0 radical (unpaired) electrons. The fraction of sp³-hybridized carbons (Fsp3) is 0. The van der Waals surface area contributed by atoms with Crippen LogP contribution in [0.5, 0.6) is 0 Å². The third-order valence-electron chi connectivity index (χ3n) is 13.9. The Kier molecular flexibility index (Phi) is 7.59. The van der Waals surface area contributed by atoms with E-state index in [-0.39, 0.29) is 0 Å². The maximum Gasteiger partial charge on any atom is 0.238 e. The molecule has 11 aromatic carbocycles. The smallest absolute Gasteiger partial charge is 0.238 e. The van der Waals surface area contributed by atoms with Crippen LogP contribution in [0.3, 0.4) is 0 Å². The first-order valence-corrected chi connectivity index (χ1v) is 23.5. The van der Waals surface area contributed by atoms with Crippen LogP contribution in [-0.2, 0) is 0 Å². The van der Waals surface area contributed by atoms with Gasteiger partial charge < -0.3 is 4.57 Å². The van der Waals surface area contributed by atoms with Gasteiger partial charge in [0.2, 0.25) is 5.95 Å². The lowest BCUT2D eigenvalue weighted by Gasteiger charge is -2.12. The van der Waals surface area contributed by atoms with E-state index in [0.717, 1.165) is 54.8 Å². The number of fused-ring (bicyclic) bond motifs is 8. The molecule has 6 heteroatoms. The van der Waals surface area contributed by atoms with E-state index in [0.29, 0.717) is 17.6 Å². The zero-order valence-corrected chi connectivity index (χ0v) is 36.7. The third-order valence-corrected chi connectivity index (χ3v) is 15.0. The Morgan fingerprint density at radius 1 is 0.299 bits per heavy atom. The number of para-hydroxylation sites is 1. The number of thiophene rings is 1. The summed E-state index contributed by atoms with van der Waals surface area (Å²) in [4.78, 5) is 15.8. The average molecular weight is 870 g/mol. The number of hydrogen-bond donors (Lipinski definition) is 0. The molecule has 0 N–H and O–H groups in total. The van der Waals surface area contributed by atoms with E-state index in [2.05, 4.69) is 221 Å². The maximum absolute atomic E-state index is 5.31. The summed E-state index contributed by atoms with van der Waals surface area (Å²) in [6, 6.07) is 77.0. The number of aromatic nitrogens is 5. The molecular weight excluding hydrogens is 835 g/mol. The molecule has 0 amide bonds. The highest BCUT2D eigenvalue weighted by atomic mass is 32.1. The lowest BCUT2D eigenvalue weighted by atomic mass is 9.96. The van der Waals surface area contributed by atoms with Crippen LogP contribution in [0.2, 0.25) is 0 Å². The molecular formula is C61H35N5S. The van der Waals surface area contributed by atoms with Gasteiger partial charge >= 0.3 is 0 Å². The molecule has 4 aromatic heterocycles. The monoisotopic (exact) mass is 869 g/mol. The standard InChI is InChI=1S/C61H35N5S/c1-3-12-39-30-43(24-20-36(39)10-1)59-62-60(44-25-21-37-11-2-4-13-40(37)31-44)64-61(63-59)66-51-17-7-5-15-47(51)49-33-41(26-28-52(49)66)45-32-42-23-22-38-14-9-18-53-57(38)58(42)54(34-45)65(53)46-27-29-56-50(35-46)48-16-6-8-19-55(48)67-56/h1-35H. The zero-order chi connectivity index (χ0) is 43.7. The summed E-state index contributed by atoms with van der Waals surface area (Å²) in [7, 11) is 0. The van der Waals surface area contributed by atoms with E-state index in [1.807, 2.05) is 11.3 Å². The second-order valence-electron chi connectivity index (χ2n) is 17.6. The molecule has 67 heavy (non-hydrogen) atoms. The number of benzene rings is 11. The topological polar surface area (TPSA) is 48.5 Å². The summed E-state index contributed by atoms with van der Waals surface area (Å²) in [5, 5.41) is 14.6. The predicted molar refractivity (Wildman–Crippen MR) is 281 cm³/mol. The van der Waals surface area contributed by atoms with Crippen molar-refractivity contribution in [2.75, 3.05) is 0 Å². The van der Waals surface area contributed by atoms with Crippen LogP contribution in [-0.4, -0.2) is 24.1 Å². The van der Waals surface area contributed by atoms with Gasteiger partial charge in [0.1, 0.15) is 0 Å². The molecule has 0 aliphatic heterocycles. The van der Waals surface area contributed by atoms with Crippen molar-refractivity contribution in [2.24, 2.45) is 0 Å². The van der Waals surface area contributed by atoms with Gasteiger partial charge in [-0.3, -0.25) is 4.57 Å². The average Bonchev–Trinajstić information content (AvgIpc) is 4.05. The lowest BCUT2D eigenvalue weighted by molar-refractivity contribution is 0.954. The summed E-state index contributed by atoms with van der Waals surface area (Å²) in [5.41, 5.74) is 9.84. The van der Waals surface area contributed by atoms with Gasteiger partial charge in [0, 0.05) is 58.5 Å². The van der Waals surface area contributed by atoms with Crippen LogP contribution < -0.4 is 0 Å². The molecule has 5 nitrogen and oxygen atoms in total. The second-order valence-corrected chi connectivity index (χ2v) is 18.7. The van der Waals surface area contributed by atoms with Crippen molar-refractivity contribution in [3.63, 3.8) is 0 Å². The van der Waals surface area contributed by atoms with Crippen LogP contribution in [0.1, 0.15) is 0 Å². The normalized spacial score (nSPS) is 12.2. The highest BCUT2D eigenvalue weighted by Gasteiger charge is 2.22. The Hall–Kier alpha value is -8.71. The van der Waals surface area contributed by atoms with E-state index in [4.69, 9.17) is 15.0 Å². The zero-order valence-electron chi connectivity index (χ0n) is 35.9. The summed E-state index contributed by atoms with van der Waals surface area (Å²) in [5.74, 6) is 1.83. The molecule has 310 valence electrons. The van der Waals surface area contributed by atoms with E-state index < -0.39 is 0 Å². The maximum atomic E-state index is 5.31. The summed E-state index contributed by atoms with van der Waals surface area (Å²) < 4.78 is 7.31. The highest BCUT2D eigenvalue weighted by molar-refractivity contribution is 7.25. The van der Waals surface area contributed by atoms with E-state index in [1.54, 1.807) is 0 Å². The van der Waals surface area contributed by atoms with Crippen LogP contribution in [0.15, 0.2) is 212 Å². The second kappa shape index (κ2) is 13.9. The fourth-order valence-corrected chi connectivity index (χ4v) is 11.8. The first-order valence-electron chi connectivity index (χ1n) is 22.7. The SMILES string of the molecule is c1ccc2cc(-c3nc(-c4ccc5ccccc5c4)nc(-n4c5ccccc5c5cc(-c6cc7ccc8cccc9c8c7c(c6)n9-c6ccc7sc8ccccc8c7c6)ccc54)n3)ccc2c1. The van der Waals surface area contributed by atoms with Crippen LogP contribution in [0.4, 0.5) is 0 Å². The minimum atomic E-state index is 0.576. The molecule has 0 saturated heterocycles. The number of nitrogens with zero attached hydrogens (tertiary/aromatic N) is 5. The first kappa shape index (κ1) is 36.6. The summed E-state index contributed by atoms with van der Waals surface area (Å²) >= 11 is 1.86. The molecule has 0 fully saturated rings. The highest BCUT2D eigenvalue weighted by Crippen LogP contribution is 2.44. The van der Waals surface area contributed by atoms with Gasteiger partial charge in [-0.05, 0) is 116 Å². The quantitative estimate of drug-likeness (QED) is 0.162.